The second-order valence-electron chi connectivity index (χ2n) is 4.01. The van der Waals surface area contributed by atoms with Crippen LogP contribution in [0.3, 0.4) is 0 Å². The number of hydrogen-bond donors (Lipinski definition) is 1. The Balaban J connectivity index is 1.50. The predicted octanol–water partition coefficient (Wildman–Crippen LogP) is 1.51. The Morgan fingerprint density at radius 2 is 2.00 bits per heavy atom. The van der Waals surface area contributed by atoms with Gasteiger partial charge in [0, 0.05) is 0 Å². The van der Waals surface area contributed by atoms with Gasteiger partial charge in [0.1, 0.15) is 0 Å². The highest BCUT2D eigenvalue weighted by Crippen LogP contribution is 2.24. The van der Waals surface area contributed by atoms with Gasteiger partial charge in [-0.05, 0) is 44.0 Å². The van der Waals surface area contributed by atoms with Gasteiger partial charge in [0.15, 0.2) is 0 Å². The third kappa shape index (κ3) is 3.15. The molecule has 0 amide bonds. The van der Waals surface area contributed by atoms with E-state index in [9.17, 15) is 0 Å². The molecule has 0 aromatic carbocycles. The Morgan fingerprint density at radius 3 is 2.62 bits per heavy atom. The van der Waals surface area contributed by atoms with Crippen molar-refractivity contribution in [2.75, 3.05) is 32.1 Å². The average Bonchev–Trinajstić information content (AvgIpc) is 2.11. The average molecular weight is 201 g/mol. The third-order valence-corrected chi connectivity index (χ3v) is 4.16. The van der Waals surface area contributed by atoms with Gasteiger partial charge in [-0.2, -0.15) is 11.8 Å². The normalized spacial score (nSPS) is 25.8. The van der Waals surface area contributed by atoms with Gasteiger partial charge in [-0.1, -0.05) is 0 Å². The summed E-state index contributed by atoms with van der Waals surface area (Å²) in [7, 11) is 0. The first-order chi connectivity index (χ1) is 6.45. The van der Waals surface area contributed by atoms with Crippen LogP contribution in [0.2, 0.25) is 0 Å². The molecule has 0 aromatic rings. The maximum atomic E-state index is 5.15. The van der Waals surface area contributed by atoms with Crippen molar-refractivity contribution in [3.05, 3.63) is 0 Å². The zero-order chi connectivity index (χ0) is 8.93. The highest BCUT2D eigenvalue weighted by molar-refractivity contribution is 8.00. The SMILES string of the molecule is C1CC(CCSC2COC2)CCN1. The van der Waals surface area contributed by atoms with E-state index in [1.165, 1.54) is 38.1 Å². The molecule has 13 heavy (non-hydrogen) atoms. The van der Waals surface area contributed by atoms with Crippen LogP contribution in [-0.2, 0) is 4.74 Å². The molecule has 2 rings (SSSR count). The van der Waals surface area contributed by atoms with Crippen molar-refractivity contribution in [2.24, 2.45) is 5.92 Å². The molecule has 76 valence electrons. The lowest BCUT2D eigenvalue weighted by Crippen LogP contribution is -2.31. The van der Waals surface area contributed by atoms with E-state index in [0.717, 1.165) is 24.4 Å². The molecule has 2 fully saturated rings. The first-order valence-corrected chi connectivity index (χ1v) is 6.40. The van der Waals surface area contributed by atoms with Gasteiger partial charge in [0.05, 0.1) is 18.5 Å². The molecule has 2 heterocycles. The summed E-state index contributed by atoms with van der Waals surface area (Å²) in [6.07, 6.45) is 4.20. The minimum absolute atomic E-state index is 0.821. The molecule has 1 N–H and O–H groups in total. The maximum absolute atomic E-state index is 5.15. The molecule has 2 nitrogen and oxygen atoms in total. The molecule has 0 unspecified atom stereocenters. The molecular formula is C10H19NOS. The van der Waals surface area contributed by atoms with E-state index in [-0.39, 0.29) is 0 Å². The quantitative estimate of drug-likeness (QED) is 0.745. The molecule has 3 heteroatoms. The zero-order valence-electron chi connectivity index (χ0n) is 8.13. The standard InChI is InChI=1S/C10H19NOS/c1-4-11-5-2-9(1)3-6-13-10-7-12-8-10/h9-11H,1-8H2. The molecule has 0 aromatic heterocycles. The number of hydrogen-bond acceptors (Lipinski definition) is 3. The van der Waals surface area contributed by atoms with Crippen molar-refractivity contribution in [1.29, 1.82) is 0 Å². The van der Waals surface area contributed by atoms with E-state index >= 15 is 0 Å². The summed E-state index contributed by atoms with van der Waals surface area (Å²) < 4.78 is 5.15. The molecule has 0 bridgehead atoms. The number of ether oxygens (including phenoxy) is 1. The van der Waals surface area contributed by atoms with Crippen LogP contribution >= 0.6 is 11.8 Å². The summed E-state index contributed by atoms with van der Waals surface area (Å²) in [5.41, 5.74) is 0. The molecular weight excluding hydrogens is 182 g/mol. The van der Waals surface area contributed by atoms with Crippen molar-refractivity contribution in [3.63, 3.8) is 0 Å². The number of piperidine rings is 1. The van der Waals surface area contributed by atoms with E-state index < -0.39 is 0 Å². The number of rotatable bonds is 4. The van der Waals surface area contributed by atoms with E-state index in [4.69, 9.17) is 4.74 Å². The third-order valence-electron chi connectivity index (χ3n) is 2.95. The summed E-state index contributed by atoms with van der Waals surface area (Å²) in [4.78, 5) is 0. The van der Waals surface area contributed by atoms with Gasteiger partial charge < -0.3 is 10.1 Å². The van der Waals surface area contributed by atoms with E-state index in [2.05, 4.69) is 17.1 Å². The molecule has 2 aliphatic heterocycles. The molecule has 0 spiro atoms. The van der Waals surface area contributed by atoms with Gasteiger partial charge in [0.2, 0.25) is 0 Å². The van der Waals surface area contributed by atoms with Gasteiger partial charge in [0.25, 0.3) is 0 Å². The van der Waals surface area contributed by atoms with Crippen molar-refractivity contribution < 1.29 is 4.74 Å². The Bertz CT molecular complexity index is 144. The van der Waals surface area contributed by atoms with Crippen molar-refractivity contribution in [2.45, 2.75) is 24.5 Å². The van der Waals surface area contributed by atoms with Gasteiger partial charge in [-0.15, -0.1) is 0 Å². The second-order valence-corrected chi connectivity index (χ2v) is 5.42. The minimum atomic E-state index is 0.821. The smallest absolute Gasteiger partial charge is 0.0607 e. The van der Waals surface area contributed by atoms with Gasteiger partial charge in [-0.3, -0.25) is 0 Å². The lowest BCUT2D eigenvalue weighted by atomic mass is 9.96. The fourth-order valence-corrected chi connectivity index (χ4v) is 3.07. The van der Waals surface area contributed by atoms with E-state index in [0.29, 0.717) is 0 Å². The zero-order valence-corrected chi connectivity index (χ0v) is 8.94. The van der Waals surface area contributed by atoms with Crippen LogP contribution in [0, 0.1) is 5.92 Å². The molecule has 0 saturated carbocycles. The molecule has 2 aliphatic rings. The lowest BCUT2D eigenvalue weighted by Gasteiger charge is -2.27. The van der Waals surface area contributed by atoms with Crippen molar-refractivity contribution >= 4 is 11.8 Å². The highest BCUT2D eigenvalue weighted by atomic mass is 32.2. The predicted molar refractivity (Wildman–Crippen MR) is 57.3 cm³/mol. The lowest BCUT2D eigenvalue weighted by molar-refractivity contribution is 0.0455. The molecule has 0 atom stereocenters. The van der Waals surface area contributed by atoms with E-state index in [1.807, 2.05) is 0 Å². The molecule has 0 aliphatic carbocycles. The summed E-state index contributed by atoms with van der Waals surface area (Å²) in [6, 6.07) is 0. The van der Waals surface area contributed by atoms with Gasteiger partial charge in [-0.25, -0.2) is 0 Å². The largest absolute Gasteiger partial charge is 0.379 e. The minimum Gasteiger partial charge on any atom is -0.379 e. The van der Waals surface area contributed by atoms with Crippen LogP contribution in [0.4, 0.5) is 0 Å². The monoisotopic (exact) mass is 201 g/mol. The molecule has 2 saturated heterocycles. The summed E-state index contributed by atoms with van der Waals surface area (Å²) in [6.45, 7) is 4.47. The Morgan fingerprint density at radius 1 is 1.23 bits per heavy atom. The summed E-state index contributed by atoms with van der Waals surface area (Å²) in [5, 5.41) is 4.23. The number of nitrogens with one attached hydrogen (secondary N) is 1. The van der Waals surface area contributed by atoms with Crippen LogP contribution in [0.25, 0.3) is 0 Å². The van der Waals surface area contributed by atoms with Crippen molar-refractivity contribution in [1.82, 2.24) is 5.32 Å². The van der Waals surface area contributed by atoms with Gasteiger partial charge >= 0.3 is 0 Å². The Kier molecular flexibility index (Phi) is 3.94. The summed E-state index contributed by atoms with van der Waals surface area (Å²) in [5.74, 6) is 2.34. The first-order valence-electron chi connectivity index (χ1n) is 5.35. The Labute approximate surface area is 84.8 Å². The summed E-state index contributed by atoms with van der Waals surface area (Å²) >= 11 is 2.11. The topological polar surface area (TPSA) is 21.3 Å². The fraction of sp³-hybridized carbons (Fsp3) is 1.00. The van der Waals surface area contributed by atoms with Crippen LogP contribution in [0.1, 0.15) is 19.3 Å². The Hall–Kier alpha value is 0.270. The fourth-order valence-electron chi connectivity index (χ4n) is 1.88. The van der Waals surface area contributed by atoms with Crippen LogP contribution in [-0.4, -0.2) is 37.3 Å². The molecule has 0 radical (unpaired) electrons. The van der Waals surface area contributed by atoms with E-state index in [1.54, 1.807) is 0 Å². The second kappa shape index (κ2) is 5.23. The maximum Gasteiger partial charge on any atom is 0.0607 e. The highest BCUT2D eigenvalue weighted by Gasteiger charge is 2.19. The number of thioether (sulfide) groups is 1. The van der Waals surface area contributed by atoms with Crippen LogP contribution < -0.4 is 5.32 Å². The first kappa shape index (κ1) is 9.81. The van der Waals surface area contributed by atoms with Crippen LogP contribution in [0.15, 0.2) is 0 Å². The van der Waals surface area contributed by atoms with Crippen molar-refractivity contribution in [3.8, 4) is 0 Å². The van der Waals surface area contributed by atoms with Crippen LogP contribution in [0.5, 0.6) is 0 Å².